The molecule has 6 nitrogen and oxygen atoms in total. The third kappa shape index (κ3) is 3.74. The van der Waals surface area contributed by atoms with E-state index in [4.69, 9.17) is 5.11 Å². The molecule has 0 unspecified atom stereocenters. The maximum atomic E-state index is 11.7. The monoisotopic (exact) mass is 252 g/mol. The highest BCUT2D eigenvalue weighted by molar-refractivity contribution is 5.98. The van der Waals surface area contributed by atoms with Gasteiger partial charge in [-0.25, -0.2) is 0 Å². The third-order valence-electron chi connectivity index (χ3n) is 2.33. The van der Waals surface area contributed by atoms with Gasteiger partial charge in [0.1, 0.15) is 5.75 Å². The quantitative estimate of drug-likeness (QED) is 0.570. The van der Waals surface area contributed by atoms with Gasteiger partial charge in [-0.2, -0.15) is 0 Å². The highest BCUT2D eigenvalue weighted by Crippen LogP contribution is 2.20. The van der Waals surface area contributed by atoms with Crippen molar-refractivity contribution in [3.05, 3.63) is 29.3 Å². The molecule has 98 valence electrons. The predicted octanol–water partition coefficient (Wildman–Crippen LogP) is -0.461. The summed E-state index contributed by atoms with van der Waals surface area (Å²) in [6.45, 7) is 1.47. The van der Waals surface area contributed by atoms with Crippen molar-refractivity contribution >= 4 is 11.8 Å². The van der Waals surface area contributed by atoms with E-state index in [2.05, 4.69) is 10.6 Å². The molecule has 0 saturated heterocycles. The van der Waals surface area contributed by atoms with Crippen LogP contribution in [-0.4, -0.2) is 41.7 Å². The normalized spacial score (nSPS) is 9.89. The summed E-state index contributed by atoms with van der Waals surface area (Å²) in [4.78, 5) is 22.9. The molecule has 0 heterocycles. The summed E-state index contributed by atoms with van der Waals surface area (Å²) in [6, 6.07) is 4.80. The highest BCUT2D eigenvalue weighted by Gasteiger charge is 2.13. The van der Waals surface area contributed by atoms with Crippen LogP contribution < -0.4 is 10.6 Å². The molecule has 0 aliphatic rings. The van der Waals surface area contributed by atoms with Gasteiger partial charge in [-0.1, -0.05) is 12.1 Å². The number of para-hydroxylation sites is 1. The maximum Gasteiger partial charge on any atom is 0.255 e. The van der Waals surface area contributed by atoms with Gasteiger partial charge in [-0.05, 0) is 18.6 Å². The van der Waals surface area contributed by atoms with Crippen molar-refractivity contribution in [3.63, 3.8) is 0 Å². The Balaban J connectivity index is 2.55. The number of aliphatic hydroxyl groups excluding tert-OH is 1. The van der Waals surface area contributed by atoms with Crippen LogP contribution >= 0.6 is 0 Å². The highest BCUT2D eigenvalue weighted by atomic mass is 16.3. The van der Waals surface area contributed by atoms with Crippen LogP contribution in [0.5, 0.6) is 5.75 Å². The fourth-order valence-corrected chi connectivity index (χ4v) is 1.36. The van der Waals surface area contributed by atoms with E-state index in [0.717, 1.165) is 0 Å². The zero-order valence-electron chi connectivity index (χ0n) is 10.1. The van der Waals surface area contributed by atoms with Crippen LogP contribution in [0.1, 0.15) is 15.9 Å². The zero-order valence-corrected chi connectivity index (χ0v) is 10.1. The number of hydrogen-bond acceptors (Lipinski definition) is 4. The fourth-order valence-electron chi connectivity index (χ4n) is 1.36. The molecule has 2 amide bonds. The van der Waals surface area contributed by atoms with Crippen molar-refractivity contribution in [1.82, 2.24) is 10.6 Å². The van der Waals surface area contributed by atoms with E-state index >= 15 is 0 Å². The second kappa shape index (κ2) is 6.61. The van der Waals surface area contributed by atoms with Gasteiger partial charge < -0.3 is 20.8 Å². The van der Waals surface area contributed by atoms with Gasteiger partial charge in [-0.3, -0.25) is 9.59 Å². The number of benzene rings is 1. The molecule has 0 spiro atoms. The van der Waals surface area contributed by atoms with Gasteiger partial charge in [-0.15, -0.1) is 0 Å². The van der Waals surface area contributed by atoms with Gasteiger partial charge in [0, 0.05) is 6.54 Å². The summed E-state index contributed by atoms with van der Waals surface area (Å²) in [5, 5.41) is 23.0. The van der Waals surface area contributed by atoms with Crippen LogP contribution in [0, 0.1) is 6.92 Å². The Morgan fingerprint density at radius 2 is 2.00 bits per heavy atom. The molecule has 0 saturated carbocycles. The molecule has 18 heavy (non-hydrogen) atoms. The molecule has 0 radical (unpaired) electrons. The number of amides is 2. The van der Waals surface area contributed by atoms with E-state index in [-0.39, 0.29) is 31.0 Å². The van der Waals surface area contributed by atoms with Crippen LogP contribution in [0.2, 0.25) is 0 Å². The van der Waals surface area contributed by atoms with E-state index in [9.17, 15) is 14.7 Å². The first-order chi connectivity index (χ1) is 8.56. The van der Waals surface area contributed by atoms with Crippen molar-refractivity contribution in [2.24, 2.45) is 0 Å². The van der Waals surface area contributed by atoms with Crippen molar-refractivity contribution < 1.29 is 19.8 Å². The number of nitrogens with one attached hydrogen (secondary N) is 2. The van der Waals surface area contributed by atoms with E-state index in [1.165, 1.54) is 6.07 Å². The summed E-state index contributed by atoms with van der Waals surface area (Å²) < 4.78 is 0. The summed E-state index contributed by atoms with van der Waals surface area (Å²) in [6.07, 6.45) is 0. The maximum absolute atomic E-state index is 11.7. The Hall–Kier alpha value is -2.08. The zero-order chi connectivity index (χ0) is 13.5. The minimum Gasteiger partial charge on any atom is -0.507 e. The molecule has 1 aromatic rings. The molecule has 0 aliphatic carbocycles. The molecule has 0 fully saturated rings. The Kier molecular flexibility index (Phi) is 5.13. The average molecular weight is 252 g/mol. The standard InChI is InChI=1S/C12H16N2O4/c1-8-3-2-4-9(11(8)17)12(18)14-7-10(16)13-5-6-15/h2-4,15,17H,5-7H2,1H3,(H,13,16)(H,14,18). The van der Waals surface area contributed by atoms with Gasteiger partial charge in [0.05, 0.1) is 18.7 Å². The lowest BCUT2D eigenvalue weighted by Crippen LogP contribution is -2.38. The van der Waals surface area contributed by atoms with E-state index in [1.54, 1.807) is 19.1 Å². The van der Waals surface area contributed by atoms with Crippen LogP contribution in [-0.2, 0) is 4.79 Å². The third-order valence-corrected chi connectivity index (χ3v) is 2.33. The van der Waals surface area contributed by atoms with E-state index in [1.807, 2.05) is 0 Å². The largest absolute Gasteiger partial charge is 0.507 e. The van der Waals surface area contributed by atoms with E-state index < -0.39 is 11.8 Å². The van der Waals surface area contributed by atoms with Crippen LogP contribution in [0.25, 0.3) is 0 Å². The van der Waals surface area contributed by atoms with Crippen molar-refractivity contribution in [2.75, 3.05) is 19.7 Å². The topological polar surface area (TPSA) is 98.7 Å². The smallest absolute Gasteiger partial charge is 0.255 e. The number of carbonyl (C=O) groups is 2. The minimum absolute atomic E-state index is 0.0919. The van der Waals surface area contributed by atoms with E-state index in [0.29, 0.717) is 5.56 Å². The Morgan fingerprint density at radius 1 is 1.28 bits per heavy atom. The lowest BCUT2D eigenvalue weighted by atomic mass is 10.1. The molecular formula is C12H16N2O4. The predicted molar refractivity (Wildman–Crippen MR) is 65.3 cm³/mol. The molecule has 1 rings (SSSR count). The van der Waals surface area contributed by atoms with Gasteiger partial charge in [0.2, 0.25) is 5.91 Å². The summed E-state index contributed by atoms with van der Waals surface area (Å²) in [5.74, 6) is -1.01. The lowest BCUT2D eigenvalue weighted by molar-refractivity contribution is -0.120. The molecule has 1 aromatic carbocycles. The number of rotatable bonds is 5. The first-order valence-corrected chi connectivity index (χ1v) is 5.50. The Bertz CT molecular complexity index is 446. The first kappa shape index (κ1) is 14.0. The number of aliphatic hydroxyl groups is 1. The summed E-state index contributed by atoms with van der Waals surface area (Å²) in [7, 11) is 0. The number of phenols is 1. The first-order valence-electron chi connectivity index (χ1n) is 5.50. The van der Waals surface area contributed by atoms with Crippen molar-refractivity contribution in [3.8, 4) is 5.75 Å². The SMILES string of the molecule is Cc1cccc(C(=O)NCC(=O)NCCO)c1O. The molecule has 0 atom stereocenters. The summed E-state index contributed by atoms with van der Waals surface area (Å²) >= 11 is 0. The van der Waals surface area contributed by atoms with Crippen LogP contribution in [0.15, 0.2) is 18.2 Å². The summed E-state index contributed by atoms with van der Waals surface area (Å²) in [5.41, 5.74) is 0.720. The average Bonchev–Trinajstić information content (AvgIpc) is 2.36. The van der Waals surface area contributed by atoms with Crippen LogP contribution in [0.4, 0.5) is 0 Å². The number of aromatic hydroxyl groups is 1. The molecule has 0 aromatic heterocycles. The van der Waals surface area contributed by atoms with Crippen LogP contribution in [0.3, 0.4) is 0 Å². The van der Waals surface area contributed by atoms with Gasteiger partial charge in [0.15, 0.2) is 0 Å². The van der Waals surface area contributed by atoms with Gasteiger partial charge >= 0.3 is 0 Å². The molecule has 4 N–H and O–H groups in total. The molecular weight excluding hydrogens is 236 g/mol. The molecule has 0 aliphatic heterocycles. The van der Waals surface area contributed by atoms with Crippen molar-refractivity contribution in [1.29, 1.82) is 0 Å². The van der Waals surface area contributed by atoms with Crippen molar-refractivity contribution in [2.45, 2.75) is 6.92 Å². The number of hydrogen-bond donors (Lipinski definition) is 4. The Labute approximate surface area is 105 Å². The number of phenolic OH excluding ortho intramolecular Hbond substituents is 1. The lowest BCUT2D eigenvalue weighted by Gasteiger charge is -2.08. The number of aryl methyl sites for hydroxylation is 1. The van der Waals surface area contributed by atoms with Gasteiger partial charge in [0.25, 0.3) is 5.91 Å². The molecule has 0 bridgehead atoms. The second-order valence-corrected chi connectivity index (χ2v) is 3.73. The second-order valence-electron chi connectivity index (χ2n) is 3.73. The fraction of sp³-hybridized carbons (Fsp3) is 0.333. The minimum atomic E-state index is -0.518. The Morgan fingerprint density at radius 3 is 2.67 bits per heavy atom. The number of carbonyl (C=O) groups excluding carboxylic acids is 2. The molecule has 6 heteroatoms.